The zero-order chi connectivity index (χ0) is 13.1. The van der Waals surface area contributed by atoms with Crippen LogP contribution < -0.4 is 10.6 Å². The van der Waals surface area contributed by atoms with Gasteiger partial charge >= 0.3 is 0 Å². The molecule has 0 aliphatic heterocycles. The molecule has 18 heavy (non-hydrogen) atoms. The highest BCUT2D eigenvalue weighted by Gasteiger charge is 2.20. The number of aryl methyl sites for hydroxylation is 1. The average Bonchev–Trinajstić information content (AvgIpc) is 3.14. The van der Waals surface area contributed by atoms with Crippen molar-refractivity contribution < 1.29 is 13.6 Å². The van der Waals surface area contributed by atoms with E-state index >= 15 is 0 Å². The molecule has 0 atom stereocenters. The van der Waals surface area contributed by atoms with Gasteiger partial charge in [-0.2, -0.15) is 0 Å². The van der Waals surface area contributed by atoms with Crippen molar-refractivity contribution in [2.75, 3.05) is 11.9 Å². The Morgan fingerprint density at radius 1 is 1.39 bits per heavy atom. The fraction of sp³-hybridized carbons (Fsp3) is 0.462. The molecule has 0 radical (unpaired) electrons. The van der Waals surface area contributed by atoms with Gasteiger partial charge in [0.15, 0.2) is 5.82 Å². The van der Waals surface area contributed by atoms with Gasteiger partial charge in [0.2, 0.25) is 5.91 Å². The Morgan fingerprint density at radius 2 is 2.11 bits per heavy atom. The van der Waals surface area contributed by atoms with Crippen molar-refractivity contribution in [2.24, 2.45) is 0 Å². The van der Waals surface area contributed by atoms with Gasteiger partial charge in [-0.15, -0.1) is 0 Å². The number of benzene rings is 1. The molecule has 0 heterocycles. The van der Waals surface area contributed by atoms with E-state index in [0.717, 1.165) is 18.9 Å². The van der Waals surface area contributed by atoms with E-state index in [-0.39, 0.29) is 18.0 Å². The molecule has 98 valence electrons. The van der Waals surface area contributed by atoms with Gasteiger partial charge in [-0.05, 0) is 31.4 Å². The predicted molar refractivity (Wildman–Crippen MR) is 65.4 cm³/mol. The molecule has 5 heteroatoms. The molecule has 1 aromatic carbocycles. The summed E-state index contributed by atoms with van der Waals surface area (Å²) in [5, 5.41) is 5.45. The van der Waals surface area contributed by atoms with Crippen LogP contribution in [0.25, 0.3) is 0 Å². The highest BCUT2D eigenvalue weighted by molar-refractivity contribution is 5.91. The van der Waals surface area contributed by atoms with E-state index in [0.29, 0.717) is 18.2 Å². The van der Waals surface area contributed by atoms with Crippen LogP contribution in [0.1, 0.15) is 24.8 Å². The fourth-order valence-corrected chi connectivity index (χ4v) is 1.65. The largest absolute Gasteiger partial charge is 0.321 e. The molecule has 0 spiro atoms. The molecule has 1 aromatic rings. The molecule has 0 saturated heterocycles. The summed E-state index contributed by atoms with van der Waals surface area (Å²) in [5.74, 6) is -1.84. The molecule has 0 bridgehead atoms. The first-order chi connectivity index (χ1) is 8.58. The third kappa shape index (κ3) is 3.26. The molecule has 0 unspecified atom stereocenters. The maximum atomic E-state index is 13.6. The average molecular weight is 254 g/mol. The smallest absolute Gasteiger partial charge is 0.225 e. The maximum absolute atomic E-state index is 13.6. The monoisotopic (exact) mass is 254 g/mol. The summed E-state index contributed by atoms with van der Waals surface area (Å²) < 4.78 is 27.0. The lowest BCUT2D eigenvalue weighted by atomic mass is 10.2. The molecule has 1 saturated carbocycles. The summed E-state index contributed by atoms with van der Waals surface area (Å²) in [5.41, 5.74) is -0.0470. The molecular weight excluding hydrogens is 238 g/mol. The summed E-state index contributed by atoms with van der Waals surface area (Å²) in [7, 11) is 0. The van der Waals surface area contributed by atoms with E-state index < -0.39 is 11.6 Å². The number of carbonyl (C=O) groups excluding carboxylic acids is 1. The Morgan fingerprint density at radius 3 is 2.78 bits per heavy atom. The molecular formula is C13H16F2N2O. The van der Waals surface area contributed by atoms with Crippen molar-refractivity contribution >= 4 is 11.6 Å². The molecule has 2 rings (SSSR count). The van der Waals surface area contributed by atoms with Gasteiger partial charge in [0.1, 0.15) is 11.5 Å². The van der Waals surface area contributed by atoms with Gasteiger partial charge in [-0.1, -0.05) is 6.07 Å². The minimum atomic E-state index is -0.749. The molecule has 1 aliphatic carbocycles. The van der Waals surface area contributed by atoms with Crippen LogP contribution in [0.5, 0.6) is 0 Å². The van der Waals surface area contributed by atoms with Crippen molar-refractivity contribution in [1.82, 2.24) is 5.32 Å². The van der Waals surface area contributed by atoms with Crippen LogP contribution in [-0.2, 0) is 4.79 Å². The van der Waals surface area contributed by atoms with Gasteiger partial charge in [0.05, 0.1) is 0 Å². The molecule has 2 N–H and O–H groups in total. The number of hydrogen-bond acceptors (Lipinski definition) is 2. The Balaban J connectivity index is 1.91. The van der Waals surface area contributed by atoms with Crippen LogP contribution in [0, 0.1) is 18.6 Å². The van der Waals surface area contributed by atoms with Crippen molar-refractivity contribution in [3.05, 3.63) is 29.3 Å². The molecule has 0 aromatic heterocycles. The first-order valence-corrected chi connectivity index (χ1v) is 6.06. The van der Waals surface area contributed by atoms with Gasteiger partial charge in [-0.25, -0.2) is 8.78 Å². The zero-order valence-electron chi connectivity index (χ0n) is 10.2. The number of hydrogen-bond donors (Lipinski definition) is 2. The van der Waals surface area contributed by atoms with Crippen molar-refractivity contribution in [3.63, 3.8) is 0 Å². The fourth-order valence-electron chi connectivity index (χ4n) is 1.65. The Hall–Kier alpha value is -1.49. The maximum Gasteiger partial charge on any atom is 0.225 e. The lowest BCUT2D eigenvalue weighted by Gasteiger charge is -2.09. The second kappa shape index (κ2) is 5.44. The van der Waals surface area contributed by atoms with E-state index in [4.69, 9.17) is 0 Å². The highest BCUT2D eigenvalue weighted by Crippen LogP contribution is 2.22. The van der Waals surface area contributed by atoms with Crippen molar-refractivity contribution in [3.8, 4) is 0 Å². The van der Waals surface area contributed by atoms with E-state index in [2.05, 4.69) is 10.6 Å². The lowest BCUT2D eigenvalue weighted by molar-refractivity contribution is -0.116. The number of carbonyl (C=O) groups is 1. The summed E-state index contributed by atoms with van der Waals surface area (Å²) in [4.78, 5) is 11.5. The van der Waals surface area contributed by atoms with Crippen LogP contribution in [0.4, 0.5) is 14.5 Å². The van der Waals surface area contributed by atoms with Crippen molar-refractivity contribution in [2.45, 2.75) is 32.2 Å². The second-order valence-electron chi connectivity index (χ2n) is 4.58. The summed E-state index contributed by atoms with van der Waals surface area (Å²) in [6, 6.07) is 3.01. The minimum absolute atomic E-state index is 0.212. The summed E-state index contributed by atoms with van der Waals surface area (Å²) >= 11 is 0. The number of anilines is 1. The van der Waals surface area contributed by atoms with Crippen molar-refractivity contribution in [1.29, 1.82) is 0 Å². The number of rotatable bonds is 5. The SMILES string of the molecule is Cc1ccc(F)c(NC(=O)CCNC2CC2)c1F. The number of halogens is 2. The molecule has 1 aliphatic rings. The van der Waals surface area contributed by atoms with Crippen LogP contribution in [0.3, 0.4) is 0 Å². The van der Waals surface area contributed by atoms with Crippen LogP contribution in [-0.4, -0.2) is 18.5 Å². The minimum Gasteiger partial charge on any atom is -0.321 e. The highest BCUT2D eigenvalue weighted by atomic mass is 19.1. The third-order valence-corrected chi connectivity index (χ3v) is 2.91. The quantitative estimate of drug-likeness (QED) is 0.847. The molecule has 1 fully saturated rings. The van der Waals surface area contributed by atoms with Gasteiger partial charge in [-0.3, -0.25) is 4.79 Å². The topological polar surface area (TPSA) is 41.1 Å². The number of amides is 1. The Bertz CT molecular complexity index is 459. The molecule has 1 amide bonds. The van der Waals surface area contributed by atoms with Crippen LogP contribution in [0.15, 0.2) is 12.1 Å². The van der Waals surface area contributed by atoms with Gasteiger partial charge in [0, 0.05) is 19.0 Å². The Labute approximate surface area is 105 Å². The summed E-state index contributed by atoms with van der Waals surface area (Å²) in [6.07, 6.45) is 2.49. The zero-order valence-corrected chi connectivity index (χ0v) is 10.2. The lowest BCUT2D eigenvalue weighted by Crippen LogP contribution is -2.24. The Kier molecular flexibility index (Phi) is 3.91. The van der Waals surface area contributed by atoms with Crippen LogP contribution >= 0.6 is 0 Å². The van der Waals surface area contributed by atoms with E-state index in [1.807, 2.05) is 0 Å². The van der Waals surface area contributed by atoms with E-state index in [9.17, 15) is 13.6 Å². The normalized spacial score (nSPS) is 14.6. The van der Waals surface area contributed by atoms with Crippen LogP contribution in [0.2, 0.25) is 0 Å². The summed E-state index contributed by atoms with van der Waals surface area (Å²) in [6.45, 7) is 2.06. The molecule has 3 nitrogen and oxygen atoms in total. The first-order valence-electron chi connectivity index (χ1n) is 6.06. The van der Waals surface area contributed by atoms with E-state index in [1.54, 1.807) is 0 Å². The predicted octanol–water partition coefficient (Wildman–Crippen LogP) is 2.35. The van der Waals surface area contributed by atoms with Gasteiger partial charge < -0.3 is 10.6 Å². The number of nitrogens with one attached hydrogen (secondary N) is 2. The third-order valence-electron chi connectivity index (χ3n) is 2.91. The standard InChI is InChI=1S/C13H16F2N2O/c1-8-2-5-10(14)13(12(8)15)17-11(18)6-7-16-9-3-4-9/h2,5,9,16H,3-4,6-7H2,1H3,(H,17,18). The second-order valence-corrected chi connectivity index (χ2v) is 4.58. The van der Waals surface area contributed by atoms with Gasteiger partial charge in [0.25, 0.3) is 0 Å². The van der Waals surface area contributed by atoms with E-state index in [1.165, 1.54) is 13.0 Å². The first kappa shape index (κ1) is 13.0.